The van der Waals surface area contributed by atoms with Crippen molar-refractivity contribution in [1.29, 1.82) is 0 Å². The number of rotatable bonds is 3. The molecule has 24 heavy (non-hydrogen) atoms. The number of hydrogen-bond donors (Lipinski definition) is 2. The molecule has 2 aromatic rings. The second-order valence-corrected chi connectivity index (χ2v) is 9.08. The van der Waals surface area contributed by atoms with Gasteiger partial charge in [0.05, 0.1) is 10.2 Å². The molecule has 6 nitrogen and oxygen atoms in total. The van der Waals surface area contributed by atoms with E-state index in [0.717, 1.165) is 29.7 Å². The minimum absolute atomic E-state index is 0.113. The van der Waals surface area contributed by atoms with E-state index in [-0.39, 0.29) is 23.5 Å². The highest BCUT2D eigenvalue weighted by molar-refractivity contribution is 7.92. The molecule has 0 spiro atoms. The van der Waals surface area contributed by atoms with Crippen molar-refractivity contribution in [2.75, 3.05) is 24.7 Å². The molecule has 0 atom stereocenters. The van der Waals surface area contributed by atoms with E-state index < -0.39 is 32.1 Å². The molecule has 0 bridgehead atoms. The Balaban J connectivity index is 1.93. The highest BCUT2D eigenvalue weighted by Crippen LogP contribution is 2.32. The average Bonchev–Trinajstić information content (AvgIpc) is 2.88. The fourth-order valence-corrected chi connectivity index (χ4v) is 4.99. The van der Waals surface area contributed by atoms with Crippen LogP contribution >= 0.6 is 11.3 Å². The molecule has 1 amide bonds. The number of thiazole rings is 1. The molecule has 0 aliphatic carbocycles. The summed E-state index contributed by atoms with van der Waals surface area (Å²) in [4.78, 5) is 16.7. The number of piperidine rings is 1. The van der Waals surface area contributed by atoms with Crippen LogP contribution in [0.25, 0.3) is 10.2 Å². The number of hydrogen-bond acceptors (Lipinski definition) is 6. The van der Waals surface area contributed by atoms with Crippen molar-refractivity contribution < 1.29 is 22.0 Å². The number of anilines is 1. The number of fused-ring (bicyclic) bond motifs is 1. The van der Waals surface area contributed by atoms with Gasteiger partial charge < -0.3 is 10.6 Å². The van der Waals surface area contributed by atoms with Gasteiger partial charge in [0.2, 0.25) is 5.91 Å². The molecular formula is C14H15F2N3O3S2. The van der Waals surface area contributed by atoms with Gasteiger partial charge in [-0.1, -0.05) is 11.3 Å². The minimum atomic E-state index is -3.65. The number of nitrogens with one attached hydrogen (secondary N) is 2. The van der Waals surface area contributed by atoms with Crippen molar-refractivity contribution in [3.63, 3.8) is 0 Å². The summed E-state index contributed by atoms with van der Waals surface area (Å²) in [5.41, 5.74) is 0.202. The Morgan fingerprint density at radius 3 is 2.54 bits per heavy atom. The Bertz CT molecular complexity index is 866. The van der Waals surface area contributed by atoms with E-state index >= 15 is 0 Å². The smallest absolute Gasteiger partial charge is 0.247 e. The van der Waals surface area contributed by atoms with E-state index in [1.807, 2.05) is 0 Å². The van der Waals surface area contributed by atoms with Crippen LogP contribution < -0.4 is 10.6 Å². The van der Waals surface area contributed by atoms with Crippen molar-refractivity contribution in [2.45, 2.75) is 17.6 Å². The van der Waals surface area contributed by atoms with E-state index in [4.69, 9.17) is 0 Å². The van der Waals surface area contributed by atoms with Gasteiger partial charge in [-0.2, -0.15) is 0 Å². The van der Waals surface area contributed by atoms with E-state index in [1.165, 1.54) is 0 Å². The van der Waals surface area contributed by atoms with Gasteiger partial charge in [0, 0.05) is 12.3 Å². The van der Waals surface area contributed by atoms with Crippen LogP contribution in [0.1, 0.15) is 12.8 Å². The molecule has 10 heteroatoms. The van der Waals surface area contributed by atoms with Gasteiger partial charge in [-0.25, -0.2) is 22.2 Å². The van der Waals surface area contributed by atoms with Gasteiger partial charge in [-0.05, 0) is 32.0 Å². The van der Waals surface area contributed by atoms with Crippen molar-refractivity contribution in [3.8, 4) is 0 Å². The topological polar surface area (TPSA) is 88.2 Å². The largest absolute Gasteiger partial charge is 0.317 e. The third kappa shape index (κ3) is 2.89. The van der Waals surface area contributed by atoms with E-state index in [1.54, 1.807) is 0 Å². The zero-order chi connectivity index (χ0) is 17.5. The zero-order valence-corrected chi connectivity index (χ0v) is 14.4. The summed E-state index contributed by atoms with van der Waals surface area (Å²) in [6, 6.07) is 1.93. The molecule has 2 N–H and O–H groups in total. The number of carbonyl (C=O) groups is 1. The van der Waals surface area contributed by atoms with Crippen molar-refractivity contribution in [1.82, 2.24) is 10.3 Å². The minimum Gasteiger partial charge on any atom is -0.317 e. The van der Waals surface area contributed by atoms with Crippen LogP contribution in [0.15, 0.2) is 12.1 Å². The summed E-state index contributed by atoms with van der Waals surface area (Å²) >= 11 is 0.962. The Hall–Kier alpha value is -1.65. The number of halogens is 2. The fraction of sp³-hybridized carbons (Fsp3) is 0.429. The van der Waals surface area contributed by atoms with Gasteiger partial charge in [-0.3, -0.25) is 4.79 Å². The number of aromatic nitrogens is 1. The number of carbonyl (C=O) groups excluding carboxylic acids is 1. The zero-order valence-electron chi connectivity index (χ0n) is 12.7. The average molecular weight is 375 g/mol. The standard InChI is InChI=1S/C14H15F2N3O3S2/c1-24(21,22)14(2-4-17-5-3-14)12(20)19-13-18-10-6-8(15)9(16)7-11(10)23-13/h6-7,17H,2-5H2,1H3,(H,18,19,20). The predicted molar refractivity (Wildman–Crippen MR) is 87.8 cm³/mol. The maximum Gasteiger partial charge on any atom is 0.247 e. The van der Waals surface area contributed by atoms with Gasteiger partial charge in [-0.15, -0.1) is 0 Å². The summed E-state index contributed by atoms with van der Waals surface area (Å²) in [7, 11) is -3.65. The second-order valence-electron chi connectivity index (χ2n) is 5.72. The molecule has 1 fully saturated rings. The molecule has 1 aliphatic rings. The molecule has 1 aliphatic heterocycles. The van der Waals surface area contributed by atoms with E-state index in [9.17, 15) is 22.0 Å². The lowest BCUT2D eigenvalue weighted by Gasteiger charge is -2.33. The Morgan fingerprint density at radius 1 is 1.29 bits per heavy atom. The molecule has 0 radical (unpaired) electrons. The van der Waals surface area contributed by atoms with E-state index in [2.05, 4.69) is 15.6 Å². The molecule has 1 aromatic carbocycles. The first-order valence-electron chi connectivity index (χ1n) is 7.20. The lowest BCUT2D eigenvalue weighted by Crippen LogP contribution is -2.55. The maximum absolute atomic E-state index is 13.3. The summed E-state index contributed by atoms with van der Waals surface area (Å²) in [5, 5.41) is 5.64. The first kappa shape index (κ1) is 17.2. The summed E-state index contributed by atoms with van der Waals surface area (Å²) in [5.74, 6) is -2.70. The highest BCUT2D eigenvalue weighted by Gasteiger charge is 2.48. The van der Waals surface area contributed by atoms with Gasteiger partial charge in [0.25, 0.3) is 0 Å². The van der Waals surface area contributed by atoms with Crippen LogP contribution in [0.3, 0.4) is 0 Å². The number of amides is 1. The van der Waals surface area contributed by atoms with E-state index in [0.29, 0.717) is 17.8 Å². The van der Waals surface area contributed by atoms with Crippen LogP contribution in [0.2, 0.25) is 0 Å². The molecule has 3 rings (SSSR count). The molecule has 130 valence electrons. The number of nitrogens with zero attached hydrogens (tertiary/aromatic N) is 1. The molecular weight excluding hydrogens is 360 g/mol. The van der Waals surface area contributed by atoms with Crippen LogP contribution in [-0.2, 0) is 14.6 Å². The lowest BCUT2D eigenvalue weighted by molar-refractivity contribution is -0.119. The van der Waals surface area contributed by atoms with Gasteiger partial charge >= 0.3 is 0 Å². The predicted octanol–water partition coefficient (Wildman–Crippen LogP) is 1.68. The van der Waals surface area contributed by atoms with Crippen molar-refractivity contribution in [2.24, 2.45) is 0 Å². The first-order valence-corrected chi connectivity index (χ1v) is 9.91. The maximum atomic E-state index is 13.3. The Morgan fingerprint density at radius 2 is 1.92 bits per heavy atom. The summed E-state index contributed by atoms with van der Waals surface area (Å²) < 4.78 is 49.7. The van der Waals surface area contributed by atoms with Crippen LogP contribution in [0.4, 0.5) is 13.9 Å². The highest BCUT2D eigenvalue weighted by atomic mass is 32.2. The summed E-state index contributed by atoms with van der Waals surface area (Å²) in [6.45, 7) is 0.827. The second kappa shape index (κ2) is 6.01. The lowest BCUT2D eigenvalue weighted by atomic mass is 9.96. The fourth-order valence-electron chi connectivity index (χ4n) is 2.78. The molecule has 1 saturated heterocycles. The Labute approximate surface area is 141 Å². The monoisotopic (exact) mass is 375 g/mol. The number of sulfone groups is 1. The Kier molecular flexibility index (Phi) is 4.30. The quantitative estimate of drug-likeness (QED) is 0.852. The first-order chi connectivity index (χ1) is 11.2. The third-order valence-electron chi connectivity index (χ3n) is 4.19. The third-order valence-corrected chi connectivity index (χ3v) is 7.13. The number of benzene rings is 1. The molecule has 1 aromatic heterocycles. The van der Waals surface area contributed by atoms with Crippen LogP contribution in [-0.4, -0.2) is 43.4 Å². The van der Waals surface area contributed by atoms with Crippen LogP contribution in [0, 0.1) is 11.6 Å². The molecule has 2 heterocycles. The van der Waals surface area contributed by atoms with Crippen LogP contribution in [0.5, 0.6) is 0 Å². The van der Waals surface area contributed by atoms with Crippen molar-refractivity contribution in [3.05, 3.63) is 23.8 Å². The van der Waals surface area contributed by atoms with Crippen molar-refractivity contribution >= 4 is 42.4 Å². The normalized spacial score (nSPS) is 17.8. The summed E-state index contributed by atoms with van der Waals surface area (Å²) in [6.07, 6.45) is 1.36. The molecule has 0 saturated carbocycles. The van der Waals surface area contributed by atoms with Gasteiger partial charge in [0.15, 0.2) is 31.4 Å². The molecule has 0 unspecified atom stereocenters. The SMILES string of the molecule is CS(=O)(=O)C1(C(=O)Nc2nc3cc(F)c(F)cc3s2)CCNCC1. The van der Waals surface area contributed by atoms with Gasteiger partial charge in [0.1, 0.15) is 0 Å².